The highest BCUT2D eigenvalue weighted by molar-refractivity contribution is 7.99. The molecular weight excluding hydrogens is 230 g/mol. The van der Waals surface area contributed by atoms with Crippen molar-refractivity contribution in [1.82, 2.24) is 14.8 Å². The van der Waals surface area contributed by atoms with Crippen LogP contribution in [-0.4, -0.2) is 25.8 Å². The van der Waals surface area contributed by atoms with E-state index in [0.29, 0.717) is 16.6 Å². The SMILES string of the molecule is CCSC1CCCC1n1c(C)nnc1Cl. The Morgan fingerprint density at radius 1 is 1.47 bits per heavy atom. The van der Waals surface area contributed by atoms with E-state index in [1.54, 1.807) is 0 Å². The summed E-state index contributed by atoms with van der Waals surface area (Å²) >= 11 is 8.10. The lowest BCUT2D eigenvalue weighted by molar-refractivity contribution is 0.515. The molecule has 0 spiro atoms. The maximum absolute atomic E-state index is 6.07. The van der Waals surface area contributed by atoms with Gasteiger partial charge in [0.05, 0.1) is 0 Å². The van der Waals surface area contributed by atoms with Crippen LogP contribution in [0, 0.1) is 6.92 Å². The van der Waals surface area contributed by atoms with Gasteiger partial charge in [-0.15, -0.1) is 10.2 Å². The van der Waals surface area contributed by atoms with Crippen molar-refractivity contribution in [3.63, 3.8) is 0 Å². The van der Waals surface area contributed by atoms with Crippen LogP contribution in [0.2, 0.25) is 5.28 Å². The summed E-state index contributed by atoms with van der Waals surface area (Å²) < 4.78 is 2.10. The molecule has 2 unspecified atom stereocenters. The lowest BCUT2D eigenvalue weighted by Gasteiger charge is -2.21. The van der Waals surface area contributed by atoms with Crippen LogP contribution in [-0.2, 0) is 0 Å². The average Bonchev–Trinajstić information content (AvgIpc) is 2.75. The third-order valence-electron chi connectivity index (χ3n) is 2.95. The molecule has 1 fully saturated rings. The zero-order chi connectivity index (χ0) is 10.8. The highest BCUT2D eigenvalue weighted by Crippen LogP contribution is 2.39. The van der Waals surface area contributed by atoms with E-state index in [4.69, 9.17) is 11.6 Å². The lowest BCUT2D eigenvalue weighted by Crippen LogP contribution is -2.17. The Morgan fingerprint density at radius 3 is 2.87 bits per heavy atom. The summed E-state index contributed by atoms with van der Waals surface area (Å²) in [7, 11) is 0. The summed E-state index contributed by atoms with van der Waals surface area (Å²) in [6.07, 6.45) is 3.78. The van der Waals surface area contributed by atoms with Gasteiger partial charge >= 0.3 is 0 Å². The van der Waals surface area contributed by atoms with Gasteiger partial charge in [0.15, 0.2) is 0 Å². The molecule has 0 amide bonds. The second kappa shape index (κ2) is 4.74. The maximum atomic E-state index is 6.07. The van der Waals surface area contributed by atoms with Gasteiger partial charge in [0.1, 0.15) is 5.82 Å². The molecule has 1 aliphatic carbocycles. The number of rotatable bonds is 3. The number of halogens is 1. The molecule has 2 atom stereocenters. The molecule has 0 aromatic carbocycles. The van der Waals surface area contributed by atoms with Crippen molar-refractivity contribution in [1.29, 1.82) is 0 Å². The van der Waals surface area contributed by atoms with E-state index in [1.165, 1.54) is 25.0 Å². The minimum Gasteiger partial charge on any atom is -0.298 e. The molecule has 15 heavy (non-hydrogen) atoms. The molecule has 2 rings (SSSR count). The van der Waals surface area contributed by atoms with Crippen LogP contribution in [0.4, 0.5) is 0 Å². The second-order valence-corrected chi connectivity index (χ2v) is 5.73. The molecule has 5 heteroatoms. The van der Waals surface area contributed by atoms with Crippen molar-refractivity contribution in [2.75, 3.05) is 5.75 Å². The van der Waals surface area contributed by atoms with E-state index >= 15 is 0 Å². The zero-order valence-electron chi connectivity index (χ0n) is 9.11. The Labute approximate surface area is 99.6 Å². The van der Waals surface area contributed by atoms with E-state index in [-0.39, 0.29) is 0 Å². The fraction of sp³-hybridized carbons (Fsp3) is 0.800. The van der Waals surface area contributed by atoms with Crippen LogP contribution in [0.3, 0.4) is 0 Å². The Kier molecular flexibility index (Phi) is 3.57. The molecule has 0 N–H and O–H groups in total. The summed E-state index contributed by atoms with van der Waals surface area (Å²) in [5.41, 5.74) is 0. The molecule has 0 bridgehead atoms. The normalized spacial score (nSPS) is 26.1. The Morgan fingerprint density at radius 2 is 2.27 bits per heavy atom. The van der Waals surface area contributed by atoms with E-state index in [2.05, 4.69) is 21.7 Å². The number of aromatic nitrogens is 3. The quantitative estimate of drug-likeness (QED) is 0.820. The van der Waals surface area contributed by atoms with Crippen molar-refractivity contribution in [2.24, 2.45) is 0 Å². The Bertz CT molecular complexity index is 320. The Balaban J connectivity index is 2.22. The van der Waals surface area contributed by atoms with E-state index in [1.807, 2.05) is 18.7 Å². The van der Waals surface area contributed by atoms with Gasteiger partial charge in [-0.05, 0) is 37.1 Å². The molecule has 0 aliphatic heterocycles. The molecule has 1 aliphatic rings. The van der Waals surface area contributed by atoms with Crippen molar-refractivity contribution in [3.8, 4) is 0 Å². The van der Waals surface area contributed by atoms with Crippen molar-refractivity contribution >= 4 is 23.4 Å². The summed E-state index contributed by atoms with van der Waals surface area (Å²) in [4.78, 5) is 0. The molecule has 3 nitrogen and oxygen atoms in total. The van der Waals surface area contributed by atoms with Crippen molar-refractivity contribution < 1.29 is 0 Å². The topological polar surface area (TPSA) is 30.7 Å². The monoisotopic (exact) mass is 245 g/mol. The van der Waals surface area contributed by atoms with Crippen LogP contribution in [0.15, 0.2) is 0 Å². The van der Waals surface area contributed by atoms with Crippen LogP contribution in [0.5, 0.6) is 0 Å². The Hall–Kier alpha value is -0.220. The molecule has 1 aromatic rings. The average molecular weight is 246 g/mol. The van der Waals surface area contributed by atoms with Gasteiger partial charge in [-0.2, -0.15) is 11.8 Å². The van der Waals surface area contributed by atoms with Gasteiger partial charge in [0.2, 0.25) is 5.28 Å². The number of hydrogen-bond donors (Lipinski definition) is 0. The smallest absolute Gasteiger partial charge is 0.225 e. The first kappa shape index (κ1) is 11.3. The van der Waals surface area contributed by atoms with Gasteiger partial charge in [-0.25, -0.2) is 0 Å². The van der Waals surface area contributed by atoms with Crippen LogP contribution >= 0.6 is 23.4 Å². The number of thioether (sulfide) groups is 1. The predicted molar refractivity (Wildman–Crippen MR) is 64.6 cm³/mol. The first-order chi connectivity index (χ1) is 7.24. The molecule has 1 aromatic heterocycles. The molecule has 84 valence electrons. The molecule has 0 saturated heterocycles. The van der Waals surface area contributed by atoms with Crippen LogP contribution in [0.1, 0.15) is 38.1 Å². The third-order valence-corrected chi connectivity index (χ3v) is 4.52. The van der Waals surface area contributed by atoms with Gasteiger partial charge in [-0.1, -0.05) is 13.3 Å². The molecule has 0 radical (unpaired) electrons. The number of hydrogen-bond acceptors (Lipinski definition) is 3. The molecule has 1 saturated carbocycles. The predicted octanol–water partition coefficient (Wildman–Crippen LogP) is 3.09. The highest BCUT2D eigenvalue weighted by atomic mass is 35.5. The van der Waals surface area contributed by atoms with Crippen molar-refractivity contribution in [3.05, 3.63) is 11.1 Å². The summed E-state index contributed by atoms with van der Waals surface area (Å²) in [6, 6.07) is 0.498. The standard InChI is InChI=1S/C10H16ClN3S/c1-3-15-9-6-4-5-8(9)14-7(2)12-13-10(14)11/h8-9H,3-6H2,1-2H3. The zero-order valence-corrected chi connectivity index (χ0v) is 10.7. The van der Waals surface area contributed by atoms with E-state index < -0.39 is 0 Å². The highest BCUT2D eigenvalue weighted by Gasteiger charge is 2.31. The fourth-order valence-electron chi connectivity index (χ4n) is 2.33. The first-order valence-electron chi connectivity index (χ1n) is 5.42. The minimum absolute atomic E-state index is 0.498. The van der Waals surface area contributed by atoms with E-state index in [0.717, 1.165) is 5.82 Å². The summed E-state index contributed by atoms with van der Waals surface area (Å²) in [5.74, 6) is 2.11. The van der Waals surface area contributed by atoms with Gasteiger partial charge in [0, 0.05) is 11.3 Å². The van der Waals surface area contributed by atoms with Crippen LogP contribution in [0.25, 0.3) is 0 Å². The fourth-order valence-corrected chi connectivity index (χ4v) is 3.86. The van der Waals surface area contributed by atoms with E-state index in [9.17, 15) is 0 Å². The molecule has 1 heterocycles. The van der Waals surface area contributed by atoms with Gasteiger partial charge in [0.25, 0.3) is 0 Å². The number of aryl methyl sites for hydroxylation is 1. The summed E-state index contributed by atoms with van der Waals surface area (Å²) in [6.45, 7) is 4.19. The first-order valence-corrected chi connectivity index (χ1v) is 6.85. The maximum Gasteiger partial charge on any atom is 0.225 e. The van der Waals surface area contributed by atoms with Crippen LogP contribution < -0.4 is 0 Å². The minimum atomic E-state index is 0.498. The molecular formula is C10H16ClN3S. The summed E-state index contributed by atoms with van der Waals surface area (Å²) in [5, 5.41) is 9.18. The largest absolute Gasteiger partial charge is 0.298 e. The van der Waals surface area contributed by atoms with Gasteiger partial charge < -0.3 is 0 Å². The van der Waals surface area contributed by atoms with Gasteiger partial charge in [-0.3, -0.25) is 4.57 Å². The second-order valence-electron chi connectivity index (χ2n) is 3.88. The van der Waals surface area contributed by atoms with Crippen molar-refractivity contribution in [2.45, 2.75) is 44.4 Å². The third kappa shape index (κ3) is 2.16. The lowest BCUT2D eigenvalue weighted by atomic mass is 10.2. The number of nitrogens with zero attached hydrogens (tertiary/aromatic N) is 3.